The van der Waals surface area contributed by atoms with Gasteiger partial charge in [-0.15, -0.1) is 0 Å². The van der Waals surface area contributed by atoms with Gasteiger partial charge >= 0.3 is 0 Å². The SMILES string of the molecule is COc1cc(C(=O)Nc2ccc(C)cc2OCCCCCC(=O)N2CCC(N(C)C)CC2)ccc1C[N+](=O)[O-]. The number of piperidine rings is 1. The van der Waals surface area contributed by atoms with E-state index in [9.17, 15) is 19.7 Å². The maximum absolute atomic E-state index is 12.9. The van der Waals surface area contributed by atoms with Crippen molar-refractivity contribution >= 4 is 17.5 Å². The van der Waals surface area contributed by atoms with Gasteiger partial charge in [-0.2, -0.15) is 0 Å². The summed E-state index contributed by atoms with van der Waals surface area (Å²) < 4.78 is 11.2. The Kier molecular flexibility index (Phi) is 11.1. The summed E-state index contributed by atoms with van der Waals surface area (Å²) in [6.07, 6.45) is 5.12. The van der Waals surface area contributed by atoms with Crippen LogP contribution in [0.15, 0.2) is 36.4 Å². The molecule has 1 N–H and O–H groups in total. The number of unbranched alkanes of at least 4 members (excludes halogenated alkanes) is 2. The van der Waals surface area contributed by atoms with Crippen LogP contribution in [0.1, 0.15) is 60.0 Å². The number of ether oxygens (including phenoxy) is 2. The summed E-state index contributed by atoms with van der Waals surface area (Å²) in [5.74, 6) is 0.721. The number of anilines is 1. The van der Waals surface area contributed by atoms with E-state index in [-0.39, 0.29) is 24.1 Å². The number of aryl methyl sites for hydroxylation is 1. The zero-order valence-electron chi connectivity index (χ0n) is 23.4. The first-order valence-corrected chi connectivity index (χ1v) is 13.5. The van der Waals surface area contributed by atoms with Crippen molar-refractivity contribution in [2.45, 2.75) is 58.0 Å². The molecule has 0 aliphatic carbocycles. The highest BCUT2D eigenvalue weighted by molar-refractivity contribution is 6.05. The van der Waals surface area contributed by atoms with Crippen LogP contribution < -0.4 is 14.8 Å². The predicted molar refractivity (Wildman–Crippen MR) is 150 cm³/mol. The molecule has 0 bridgehead atoms. The summed E-state index contributed by atoms with van der Waals surface area (Å²) in [5.41, 5.74) is 2.25. The van der Waals surface area contributed by atoms with Crippen molar-refractivity contribution in [3.63, 3.8) is 0 Å². The Morgan fingerprint density at radius 3 is 2.49 bits per heavy atom. The van der Waals surface area contributed by atoms with Crippen molar-refractivity contribution in [1.29, 1.82) is 0 Å². The number of likely N-dealkylation sites (tertiary alicyclic amines) is 1. The lowest BCUT2D eigenvalue weighted by molar-refractivity contribution is -0.496. The third kappa shape index (κ3) is 8.95. The summed E-state index contributed by atoms with van der Waals surface area (Å²) >= 11 is 0. The van der Waals surface area contributed by atoms with Crippen LogP contribution >= 0.6 is 0 Å². The molecule has 1 saturated heterocycles. The lowest BCUT2D eigenvalue weighted by Gasteiger charge is -2.35. The number of amides is 2. The van der Waals surface area contributed by atoms with Gasteiger partial charge in [0.25, 0.3) is 5.91 Å². The van der Waals surface area contributed by atoms with E-state index >= 15 is 0 Å². The van der Waals surface area contributed by atoms with Crippen LogP contribution in [0.2, 0.25) is 0 Å². The smallest absolute Gasteiger partial charge is 0.255 e. The van der Waals surface area contributed by atoms with Gasteiger partial charge in [-0.1, -0.05) is 6.07 Å². The number of hydrogen-bond acceptors (Lipinski definition) is 7. The molecule has 0 radical (unpaired) electrons. The molecule has 0 atom stereocenters. The topological polar surface area (TPSA) is 114 Å². The standard InChI is InChI=1S/C29H40N4O6/c1-21-9-12-25(30-29(35)22-10-11-23(20-33(36)37)26(19-22)38-4)27(18-21)39-17-7-5-6-8-28(34)32-15-13-24(14-16-32)31(2)3/h9-12,18-19,24H,5-8,13-17,20H2,1-4H3,(H,30,35). The molecule has 10 heteroatoms. The van der Waals surface area contributed by atoms with Gasteiger partial charge in [-0.3, -0.25) is 19.7 Å². The van der Waals surface area contributed by atoms with E-state index in [1.807, 2.05) is 24.0 Å². The Morgan fingerprint density at radius 2 is 1.82 bits per heavy atom. The van der Waals surface area contributed by atoms with Crippen molar-refractivity contribution in [3.05, 3.63) is 63.2 Å². The van der Waals surface area contributed by atoms with E-state index in [1.54, 1.807) is 6.07 Å². The Balaban J connectivity index is 1.47. The van der Waals surface area contributed by atoms with Gasteiger partial charge in [0.05, 0.1) is 25.0 Å². The number of benzene rings is 2. The van der Waals surface area contributed by atoms with Crippen LogP contribution in [-0.4, -0.2) is 73.5 Å². The summed E-state index contributed by atoms with van der Waals surface area (Å²) in [5, 5.41) is 13.7. The second-order valence-corrected chi connectivity index (χ2v) is 10.2. The van der Waals surface area contributed by atoms with Gasteiger partial charge in [0.2, 0.25) is 12.5 Å². The van der Waals surface area contributed by atoms with E-state index in [2.05, 4.69) is 24.3 Å². The zero-order valence-corrected chi connectivity index (χ0v) is 23.4. The quantitative estimate of drug-likeness (QED) is 0.226. The molecular weight excluding hydrogens is 500 g/mol. The summed E-state index contributed by atoms with van der Waals surface area (Å²) in [7, 11) is 5.60. The average molecular weight is 541 g/mol. The Morgan fingerprint density at radius 1 is 1.08 bits per heavy atom. The van der Waals surface area contributed by atoms with Gasteiger partial charge in [0.15, 0.2) is 0 Å². The van der Waals surface area contributed by atoms with E-state index in [1.165, 1.54) is 25.3 Å². The van der Waals surface area contributed by atoms with Crippen molar-refractivity contribution < 1.29 is 24.0 Å². The number of nitro groups is 1. The number of methoxy groups -OCH3 is 1. The van der Waals surface area contributed by atoms with Gasteiger partial charge in [-0.05, 0) is 89.0 Å². The third-order valence-corrected chi connectivity index (χ3v) is 7.07. The van der Waals surface area contributed by atoms with Crippen LogP contribution in [0.5, 0.6) is 11.5 Å². The molecule has 1 aliphatic heterocycles. The lowest BCUT2D eigenvalue weighted by atomic mass is 10.0. The van der Waals surface area contributed by atoms with Crippen molar-refractivity contribution in [2.75, 3.05) is 46.2 Å². The molecule has 10 nitrogen and oxygen atoms in total. The molecule has 3 rings (SSSR count). The number of hydrogen-bond donors (Lipinski definition) is 1. The predicted octanol–water partition coefficient (Wildman–Crippen LogP) is 4.52. The summed E-state index contributed by atoms with van der Waals surface area (Å²) in [4.78, 5) is 40.1. The first-order valence-electron chi connectivity index (χ1n) is 13.5. The second-order valence-electron chi connectivity index (χ2n) is 10.2. The highest BCUT2D eigenvalue weighted by Gasteiger charge is 2.23. The molecule has 212 valence electrons. The molecule has 2 aromatic rings. The van der Waals surface area contributed by atoms with Gasteiger partial charge in [-0.25, -0.2) is 0 Å². The van der Waals surface area contributed by atoms with E-state index in [0.717, 1.165) is 50.8 Å². The van der Waals surface area contributed by atoms with Crippen LogP contribution in [0.25, 0.3) is 0 Å². The first-order chi connectivity index (χ1) is 18.7. The fraction of sp³-hybridized carbons (Fsp3) is 0.517. The fourth-order valence-corrected chi connectivity index (χ4v) is 4.73. The van der Waals surface area contributed by atoms with Crippen LogP contribution in [-0.2, 0) is 11.3 Å². The third-order valence-electron chi connectivity index (χ3n) is 7.07. The van der Waals surface area contributed by atoms with E-state index < -0.39 is 4.92 Å². The van der Waals surface area contributed by atoms with Crippen LogP contribution in [0.3, 0.4) is 0 Å². The number of nitrogens with zero attached hydrogens (tertiary/aromatic N) is 3. The van der Waals surface area contributed by atoms with Crippen molar-refractivity contribution in [3.8, 4) is 11.5 Å². The maximum Gasteiger partial charge on any atom is 0.255 e. The lowest BCUT2D eigenvalue weighted by Crippen LogP contribution is -2.44. The molecule has 0 saturated carbocycles. The van der Waals surface area contributed by atoms with Crippen molar-refractivity contribution in [2.24, 2.45) is 0 Å². The molecule has 0 unspecified atom stereocenters. The Labute approximate surface area is 230 Å². The van der Waals surface area contributed by atoms with Gasteiger partial charge in [0, 0.05) is 36.0 Å². The summed E-state index contributed by atoms with van der Waals surface area (Å²) in [6.45, 7) is 3.71. The molecule has 1 fully saturated rings. The summed E-state index contributed by atoms with van der Waals surface area (Å²) in [6, 6.07) is 10.7. The van der Waals surface area contributed by atoms with Gasteiger partial charge < -0.3 is 24.6 Å². The van der Waals surface area contributed by atoms with E-state index in [0.29, 0.717) is 41.6 Å². The van der Waals surface area contributed by atoms with Crippen LogP contribution in [0, 0.1) is 17.0 Å². The van der Waals surface area contributed by atoms with Crippen LogP contribution in [0.4, 0.5) is 5.69 Å². The van der Waals surface area contributed by atoms with Gasteiger partial charge in [0.1, 0.15) is 11.5 Å². The molecule has 39 heavy (non-hydrogen) atoms. The zero-order chi connectivity index (χ0) is 28.4. The molecule has 1 aliphatic rings. The fourth-order valence-electron chi connectivity index (χ4n) is 4.73. The normalized spacial score (nSPS) is 13.8. The monoisotopic (exact) mass is 540 g/mol. The first kappa shape index (κ1) is 29.9. The Bertz CT molecular complexity index is 1140. The minimum absolute atomic E-state index is 0.236. The number of rotatable bonds is 13. The Hall–Kier alpha value is -3.66. The van der Waals surface area contributed by atoms with Crippen molar-refractivity contribution in [1.82, 2.24) is 9.80 Å². The molecule has 0 spiro atoms. The second kappa shape index (κ2) is 14.5. The largest absolute Gasteiger partial charge is 0.496 e. The highest BCUT2D eigenvalue weighted by atomic mass is 16.6. The number of nitrogens with one attached hydrogen (secondary N) is 1. The average Bonchev–Trinajstić information content (AvgIpc) is 2.91. The minimum atomic E-state index is -0.444. The molecule has 0 aromatic heterocycles. The molecule has 2 aromatic carbocycles. The molecule has 1 heterocycles. The number of carbonyl (C=O) groups is 2. The maximum atomic E-state index is 12.9. The van der Waals surface area contributed by atoms with E-state index in [4.69, 9.17) is 9.47 Å². The highest BCUT2D eigenvalue weighted by Crippen LogP contribution is 2.28. The minimum Gasteiger partial charge on any atom is -0.496 e. The molecular formula is C29H40N4O6. The molecule has 2 amide bonds. The number of carbonyl (C=O) groups excluding carboxylic acids is 2.